The van der Waals surface area contributed by atoms with Crippen molar-refractivity contribution in [1.82, 2.24) is 9.29 Å². The zero-order valence-corrected chi connectivity index (χ0v) is 17.7. The highest BCUT2D eigenvalue weighted by Crippen LogP contribution is 2.29. The van der Waals surface area contributed by atoms with Crippen molar-refractivity contribution in [3.05, 3.63) is 83.7 Å². The van der Waals surface area contributed by atoms with Crippen LogP contribution in [-0.4, -0.2) is 22.4 Å². The van der Waals surface area contributed by atoms with E-state index >= 15 is 0 Å². The number of rotatable bonds is 6. The van der Waals surface area contributed by atoms with Gasteiger partial charge in [-0.05, 0) is 67.5 Å². The van der Waals surface area contributed by atoms with Crippen molar-refractivity contribution in [1.29, 1.82) is 0 Å². The number of hydrogen-bond acceptors (Lipinski definition) is 4. The molecule has 2 aromatic rings. The second kappa shape index (κ2) is 9.76. The molecule has 0 spiro atoms. The van der Waals surface area contributed by atoms with Gasteiger partial charge >= 0.3 is 0 Å². The highest BCUT2D eigenvalue weighted by Gasteiger charge is 2.20. The number of aromatic nitrogens is 1. The summed E-state index contributed by atoms with van der Waals surface area (Å²) in [5.74, 6) is 0.764. The Morgan fingerprint density at radius 3 is 2.57 bits per heavy atom. The summed E-state index contributed by atoms with van der Waals surface area (Å²) >= 11 is 1.75. The predicted molar refractivity (Wildman–Crippen MR) is 121 cm³/mol. The molecular formula is C24H29N3S. The van der Waals surface area contributed by atoms with E-state index in [0.717, 1.165) is 40.9 Å². The van der Waals surface area contributed by atoms with Gasteiger partial charge in [0.05, 0.1) is 5.69 Å². The van der Waals surface area contributed by atoms with E-state index in [1.54, 1.807) is 18.1 Å². The van der Waals surface area contributed by atoms with Crippen molar-refractivity contribution in [3.63, 3.8) is 0 Å². The summed E-state index contributed by atoms with van der Waals surface area (Å²) in [6.45, 7) is 8.78. The highest BCUT2D eigenvalue weighted by molar-refractivity contribution is 7.97. The van der Waals surface area contributed by atoms with Crippen LogP contribution in [0, 0.1) is 5.92 Å². The molecular weight excluding hydrogens is 362 g/mol. The molecule has 4 heteroatoms. The van der Waals surface area contributed by atoms with Crippen LogP contribution in [0.1, 0.15) is 38.4 Å². The van der Waals surface area contributed by atoms with Crippen LogP contribution in [0.25, 0.3) is 11.1 Å². The number of nitrogens with two attached hydrogens (primary N) is 1. The molecule has 2 N–H and O–H groups in total. The Kier molecular flexibility index (Phi) is 7.12. The Balaban J connectivity index is 1.76. The van der Waals surface area contributed by atoms with Crippen LogP contribution in [-0.2, 0) is 0 Å². The van der Waals surface area contributed by atoms with Gasteiger partial charge < -0.3 is 5.73 Å². The first-order chi connectivity index (χ1) is 13.5. The number of allylic oxidation sites excluding steroid dienone is 5. The number of hydrogen-bond donors (Lipinski definition) is 1. The van der Waals surface area contributed by atoms with Crippen LogP contribution < -0.4 is 5.73 Å². The molecule has 146 valence electrons. The summed E-state index contributed by atoms with van der Waals surface area (Å²) in [6.07, 6.45) is 7.18. The predicted octanol–water partition coefficient (Wildman–Crippen LogP) is 5.78. The largest absolute Gasteiger partial charge is 0.404 e. The second-order valence-electron chi connectivity index (χ2n) is 7.44. The Bertz CT molecular complexity index is 884. The van der Waals surface area contributed by atoms with Crippen molar-refractivity contribution in [3.8, 4) is 0 Å². The van der Waals surface area contributed by atoms with Gasteiger partial charge in [-0.3, -0.25) is 0 Å². The van der Waals surface area contributed by atoms with E-state index in [1.165, 1.54) is 17.6 Å². The Labute approximate surface area is 173 Å². The van der Waals surface area contributed by atoms with Crippen molar-refractivity contribution >= 4 is 23.1 Å². The third-order valence-electron chi connectivity index (χ3n) is 4.86. The first kappa shape index (κ1) is 20.4. The molecule has 1 aromatic heterocycles. The zero-order valence-electron chi connectivity index (χ0n) is 16.9. The summed E-state index contributed by atoms with van der Waals surface area (Å²) in [7, 11) is 0. The minimum atomic E-state index is 0.764. The molecule has 1 saturated heterocycles. The number of benzene rings is 1. The van der Waals surface area contributed by atoms with Gasteiger partial charge in [0.25, 0.3) is 0 Å². The maximum absolute atomic E-state index is 5.94. The monoisotopic (exact) mass is 391 g/mol. The molecule has 1 fully saturated rings. The molecule has 1 unspecified atom stereocenters. The fraction of sp³-hybridized carbons (Fsp3) is 0.292. The summed E-state index contributed by atoms with van der Waals surface area (Å²) in [4.78, 5) is 4.83. The minimum Gasteiger partial charge on any atom is -0.404 e. The van der Waals surface area contributed by atoms with Gasteiger partial charge in [0.2, 0.25) is 0 Å². The van der Waals surface area contributed by atoms with Gasteiger partial charge in [0, 0.05) is 24.9 Å². The fourth-order valence-corrected chi connectivity index (χ4v) is 4.43. The van der Waals surface area contributed by atoms with Crippen molar-refractivity contribution in [2.24, 2.45) is 11.7 Å². The van der Waals surface area contributed by atoms with Gasteiger partial charge in [-0.25, -0.2) is 9.29 Å². The van der Waals surface area contributed by atoms with E-state index in [-0.39, 0.29) is 0 Å². The smallest absolute Gasteiger partial charge is 0.112 e. The fourth-order valence-electron chi connectivity index (χ4n) is 3.36. The SMILES string of the molecule is CC(=C\C(=C/N)c1cccc(SN2CCC(C)C2)n1)/C=C(\C)c1ccccc1. The summed E-state index contributed by atoms with van der Waals surface area (Å²) in [6, 6.07) is 16.6. The van der Waals surface area contributed by atoms with Crippen LogP contribution in [0.2, 0.25) is 0 Å². The molecule has 3 rings (SSSR count). The maximum Gasteiger partial charge on any atom is 0.112 e. The van der Waals surface area contributed by atoms with Crippen molar-refractivity contribution in [2.75, 3.05) is 13.1 Å². The molecule has 1 atom stereocenters. The van der Waals surface area contributed by atoms with Crippen LogP contribution in [0.3, 0.4) is 0 Å². The lowest BCUT2D eigenvalue weighted by atomic mass is 10.0. The third kappa shape index (κ3) is 5.60. The van der Waals surface area contributed by atoms with Crippen LogP contribution in [0.4, 0.5) is 0 Å². The molecule has 3 nitrogen and oxygen atoms in total. The van der Waals surface area contributed by atoms with Gasteiger partial charge in [0.1, 0.15) is 5.03 Å². The zero-order chi connectivity index (χ0) is 19.9. The van der Waals surface area contributed by atoms with Crippen LogP contribution >= 0.6 is 11.9 Å². The maximum atomic E-state index is 5.94. The van der Waals surface area contributed by atoms with E-state index in [9.17, 15) is 0 Å². The molecule has 0 aliphatic carbocycles. The molecule has 2 heterocycles. The van der Waals surface area contributed by atoms with E-state index in [1.807, 2.05) is 12.1 Å². The lowest BCUT2D eigenvalue weighted by Gasteiger charge is -2.14. The molecule has 1 aliphatic heterocycles. The summed E-state index contributed by atoms with van der Waals surface area (Å²) < 4.78 is 2.40. The molecule has 0 saturated carbocycles. The summed E-state index contributed by atoms with van der Waals surface area (Å²) in [5, 5.41) is 1.02. The van der Waals surface area contributed by atoms with Crippen molar-refractivity contribution < 1.29 is 0 Å². The van der Waals surface area contributed by atoms with Gasteiger partial charge in [-0.2, -0.15) is 0 Å². The normalized spacial score (nSPS) is 19.2. The third-order valence-corrected chi connectivity index (χ3v) is 5.87. The Hall–Kier alpha value is -2.30. The Morgan fingerprint density at radius 1 is 1.11 bits per heavy atom. The lowest BCUT2D eigenvalue weighted by molar-refractivity contribution is 0.548. The quantitative estimate of drug-likeness (QED) is 0.501. The summed E-state index contributed by atoms with van der Waals surface area (Å²) in [5.41, 5.74) is 11.4. The van der Waals surface area contributed by atoms with Crippen LogP contribution in [0.5, 0.6) is 0 Å². The van der Waals surface area contributed by atoms with Gasteiger partial charge in [0.15, 0.2) is 0 Å². The molecule has 1 aliphatic rings. The molecule has 1 aromatic carbocycles. The van der Waals surface area contributed by atoms with E-state index in [0.29, 0.717) is 0 Å². The first-order valence-corrected chi connectivity index (χ1v) is 10.6. The molecule has 0 amide bonds. The second-order valence-corrected chi connectivity index (χ2v) is 8.56. The first-order valence-electron chi connectivity index (χ1n) is 9.79. The Morgan fingerprint density at radius 2 is 1.89 bits per heavy atom. The average molecular weight is 392 g/mol. The minimum absolute atomic E-state index is 0.764. The lowest BCUT2D eigenvalue weighted by Crippen LogP contribution is -2.11. The van der Waals surface area contributed by atoms with Crippen molar-refractivity contribution in [2.45, 2.75) is 32.2 Å². The average Bonchev–Trinajstić information content (AvgIpc) is 3.11. The number of pyridine rings is 1. The van der Waals surface area contributed by atoms with E-state index in [2.05, 4.69) is 73.6 Å². The van der Waals surface area contributed by atoms with Gasteiger partial charge in [-0.15, -0.1) is 0 Å². The van der Waals surface area contributed by atoms with Crippen LogP contribution in [0.15, 0.2) is 77.5 Å². The van der Waals surface area contributed by atoms with E-state index in [4.69, 9.17) is 10.7 Å². The molecule has 28 heavy (non-hydrogen) atoms. The highest BCUT2D eigenvalue weighted by atomic mass is 32.2. The number of nitrogens with zero attached hydrogens (tertiary/aromatic N) is 2. The standard InChI is InChI=1S/C24H29N3S/c1-18-12-13-27(17-18)28-24-11-7-10-23(26-24)22(16-25)15-19(2)14-20(3)21-8-5-4-6-9-21/h4-11,14-16,18H,12-13,17,25H2,1-3H3/b19-15+,20-14+,22-16+. The van der Waals surface area contributed by atoms with Gasteiger partial charge in [-0.1, -0.05) is 55.0 Å². The topological polar surface area (TPSA) is 42.1 Å². The molecule has 0 radical (unpaired) electrons. The van der Waals surface area contributed by atoms with E-state index < -0.39 is 0 Å². The molecule has 0 bridgehead atoms.